The molecule has 3 rings (SSSR count). The van der Waals surface area contributed by atoms with E-state index in [0.29, 0.717) is 31.4 Å². The largest absolute Gasteiger partial charge is 0.494 e. The number of aromatic nitrogens is 2. The summed E-state index contributed by atoms with van der Waals surface area (Å²) in [6.07, 6.45) is 6.21. The van der Waals surface area contributed by atoms with Crippen molar-refractivity contribution in [3.05, 3.63) is 43.0 Å². The molecule has 1 aliphatic heterocycles. The number of sulfonamides is 1. The molecule has 2 aromatic rings. The predicted octanol–water partition coefficient (Wildman–Crippen LogP) is 2.55. The van der Waals surface area contributed by atoms with Crippen LogP contribution in [-0.2, 0) is 10.0 Å². The normalized spacial score (nSPS) is 22.4. The molecular formula is C17H23N3O3S. The number of benzene rings is 1. The zero-order chi connectivity index (χ0) is 17.2. The zero-order valence-electron chi connectivity index (χ0n) is 14.0. The first-order chi connectivity index (χ1) is 11.5. The highest BCUT2D eigenvalue weighted by molar-refractivity contribution is 7.89. The molecule has 24 heavy (non-hydrogen) atoms. The molecule has 0 radical (unpaired) electrons. The molecule has 1 aromatic carbocycles. The molecule has 0 N–H and O–H groups in total. The lowest BCUT2D eigenvalue weighted by Crippen LogP contribution is -2.43. The van der Waals surface area contributed by atoms with Crippen molar-refractivity contribution < 1.29 is 13.2 Å². The van der Waals surface area contributed by atoms with Crippen LogP contribution in [0, 0.1) is 5.92 Å². The van der Waals surface area contributed by atoms with Crippen molar-refractivity contribution in [3.8, 4) is 5.75 Å². The number of hydrogen-bond donors (Lipinski definition) is 0. The van der Waals surface area contributed by atoms with E-state index in [1.54, 1.807) is 41.1 Å². The SMILES string of the molecule is CCOc1cccc(S(=O)(=O)N2CC[C@H](C)[C@@H](n3ccnc3)C2)c1. The van der Waals surface area contributed by atoms with Gasteiger partial charge < -0.3 is 9.30 Å². The maximum atomic E-state index is 13.0. The van der Waals surface area contributed by atoms with Crippen LogP contribution in [0.25, 0.3) is 0 Å². The van der Waals surface area contributed by atoms with Gasteiger partial charge in [-0.25, -0.2) is 13.4 Å². The summed E-state index contributed by atoms with van der Waals surface area (Å²) in [4.78, 5) is 4.37. The van der Waals surface area contributed by atoms with Gasteiger partial charge in [0.15, 0.2) is 0 Å². The van der Waals surface area contributed by atoms with Gasteiger partial charge in [-0.15, -0.1) is 0 Å². The number of piperidine rings is 1. The number of ether oxygens (including phenoxy) is 1. The Labute approximate surface area is 143 Å². The number of rotatable bonds is 5. The first-order valence-electron chi connectivity index (χ1n) is 8.23. The molecule has 6 nitrogen and oxygen atoms in total. The number of imidazole rings is 1. The lowest BCUT2D eigenvalue weighted by atomic mass is 9.95. The van der Waals surface area contributed by atoms with Crippen LogP contribution in [0.1, 0.15) is 26.3 Å². The Bertz CT molecular complexity index is 774. The van der Waals surface area contributed by atoms with Gasteiger partial charge in [-0.05, 0) is 31.4 Å². The van der Waals surface area contributed by atoms with Gasteiger partial charge in [0.25, 0.3) is 0 Å². The van der Waals surface area contributed by atoms with E-state index >= 15 is 0 Å². The molecule has 7 heteroatoms. The third-order valence-corrected chi connectivity index (χ3v) is 6.40. The Morgan fingerprint density at radius 2 is 2.21 bits per heavy atom. The fourth-order valence-corrected chi connectivity index (χ4v) is 4.64. The summed E-state index contributed by atoms with van der Waals surface area (Å²) < 4.78 is 35.0. The second kappa shape index (κ2) is 6.94. The van der Waals surface area contributed by atoms with E-state index in [0.717, 1.165) is 6.42 Å². The van der Waals surface area contributed by atoms with Crippen molar-refractivity contribution in [2.75, 3.05) is 19.7 Å². The Morgan fingerprint density at radius 3 is 2.92 bits per heavy atom. The molecule has 130 valence electrons. The van der Waals surface area contributed by atoms with E-state index in [1.165, 1.54) is 0 Å². The van der Waals surface area contributed by atoms with E-state index < -0.39 is 10.0 Å². The Kier molecular flexibility index (Phi) is 4.91. The maximum Gasteiger partial charge on any atom is 0.243 e. The molecule has 0 aliphatic carbocycles. The summed E-state index contributed by atoms with van der Waals surface area (Å²) in [7, 11) is -3.53. The minimum Gasteiger partial charge on any atom is -0.494 e. The Hall–Kier alpha value is -1.86. The van der Waals surface area contributed by atoms with E-state index in [2.05, 4.69) is 11.9 Å². The fraction of sp³-hybridized carbons (Fsp3) is 0.471. The molecule has 1 aromatic heterocycles. The second-order valence-corrected chi connectivity index (χ2v) is 8.05. The van der Waals surface area contributed by atoms with Crippen molar-refractivity contribution in [2.24, 2.45) is 5.92 Å². The topological polar surface area (TPSA) is 64.4 Å². The first kappa shape index (κ1) is 17.0. The summed E-state index contributed by atoms with van der Waals surface area (Å²) in [5, 5.41) is 0. The zero-order valence-corrected chi connectivity index (χ0v) is 14.8. The van der Waals surface area contributed by atoms with Crippen LogP contribution in [0.5, 0.6) is 5.75 Å². The van der Waals surface area contributed by atoms with Gasteiger partial charge in [0.2, 0.25) is 10.0 Å². The fourth-order valence-electron chi connectivity index (χ4n) is 3.13. The van der Waals surface area contributed by atoms with Crippen LogP contribution in [0.4, 0.5) is 0 Å². The van der Waals surface area contributed by atoms with Crippen molar-refractivity contribution in [2.45, 2.75) is 31.2 Å². The van der Waals surface area contributed by atoms with Crippen LogP contribution in [0.15, 0.2) is 47.9 Å². The molecule has 0 unspecified atom stereocenters. The molecule has 0 bridgehead atoms. The van der Waals surface area contributed by atoms with Gasteiger partial charge in [-0.1, -0.05) is 13.0 Å². The van der Waals surface area contributed by atoms with Crippen LogP contribution >= 0.6 is 0 Å². The summed E-state index contributed by atoms with van der Waals surface area (Å²) in [5.74, 6) is 0.982. The van der Waals surface area contributed by atoms with Crippen molar-refractivity contribution in [3.63, 3.8) is 0 Å². The molecule has 1 saturated heterocycles. The van der Waals surface area contributed by atoms with Gasteiger partial charge in [-0.3, -0.25) is 0 Å². The highest BCUT2D eigenvalue weighted by atomic mass is 32.2. The minimum atomic E-state index is -3.53. The van der Waals surface area contributed by atoms with Gasteiger partial charge in [0.1, 0.15) is 5.75 Å². The van der Waals surface area contributed by atoms with Crippen LogP contribution in [-0.4, -0.2) is 42.0 Å². The quantitative estimate of drug-likeness (QED) is 0.832. The van der Waals surface area contributed by atoms with Gasteiger partial charge in [0, 0.05) is 31.5 Å². The number of hydrogen-bond acceptors (Lipinski definition) is 4. The molecule has 0 saturated carbocycles. The predicted molar refractivity (Wildman–Crippen MR) is 91.4 cm³/mol. The van der Waals surface area contributed by atoms with E-state index in [1.807, 2.05) is 17.7 Å². The molecule has 2 heterocycles. The highest BCUT2D eigenvalue weighted by Crippen LogP contribution is 2.31. The first-order valence-corrected chi connectivity index (χ1v) is 9.67. The smallest absolute Gasteiger partial charge is 0.243 e. The molecule has 0 amide bonds. The van der Waals surface area contributed by atoms with Crippen molar-refractivity contribution in [1.82, 2.24) is 13.9 Å². The van der Waals surface area contributed by atoms with Crippen LogP contribution in [0.3, 0.4) is 0 Å². The average molecular weight is 349 g/mol. The van der Waals surface area contributed by atoms with E-state index in [-0.39, 0.29) is 10.9 Å². The molecule has 2 atom stereocenters. The third-order valence-electron chi connectivity index (χ3n) is 4.54. The number of nitrogens with zero attached hydrogens (tertiary/aromatic N) is 3. The molecule has 0 spiro atoms. The summed E-state index contributed by atoms with van der Waals surface area (Å²) >= 11 is 0. The van der Waals surface area contributed by atoms with Crippen molar-refractivity contribution in [1.29, 1.82) is 0 Å². The van der Waals surface area contributed by atoms with Gasteiger partial charge >= 0.3 is 0 Å². The molecule has 1 aliphatic rings. The summed E-state index contributed by atoms with van der Waals surface area (Å²) in [5.41, 5.74) is 0. The van der Waals surface area contributed by atoms with E-state index in [4.69, 9.17) is 4.74 Å². The lowest BCUT2D eigenvalue weighted by molar-refractivity contribution is 0.200. The lowest BCUT2D eigenvalue weighted by Gasteiger charge is -2.36. The third kappa shape index (κ3) is 3.32. The van der Waals surface area contributed by atoms with Gasteiger partial charge in [0.05, 0.1) is 23.9 Å². The summed E-state index contributed by atoms with van der Waals surface area (Å²) in [6, 6.07) is 6.82. The van der Waals surface area contributed by atoms with E-state index in [9.17, 15) is 8.42 Å². The average Bonchev–Trinajstić information content (AvgIpc) is 3.10. The molecule has 1 fully saturated rings. The van der Waals surface area contributed by atoms with Crippen LogP contribution < -0.4 is 4.74 Å². The van der Waals surface area contributed by atoms with Gasteiger partial charge in [-0.2, -0.15) is 4.31 Å². The van der Waals surface area contributed by atoms with Crippen molar-refractivity contribution >= 4 is 10.0 Å². The monoisotopic (exact) mass is 349 g/mol. The molecular weight excluding hydrogens is 326 g/mol. The maximum absolute atomic E-state index is 13.0. The standard InChI is InChI=1S/C17H23N3O3S/c1-3-23-15-5-4-6-16(11-15)24(21,22)20-9-7-14(2)17(12-20)19-10-8-18-13-19/h4-6,8,10-11,13-14,17H,3,7,9,12H2,1-2H3/t14-,17-/m0/s1. The highest BCUT2D eigenvalue weighted by Gasteiger charge is 2.34. The van der Waals surface area contributed by atoms with Crippen LogP contribution in [0.2, 0.25) is 0 Å². The summed E-state index contributed by atoms with van der Waals surface area (Å²) in [6.45, 7) is 5.53. The Morgan fingerprint density at radius 1 is 1.38 bits per heavy atom. The Balaban J connectivity index is 1.85. The second-order valence-electron chi connectivity index (χ2n) is 6.11. The minimum absolute atomic E-state index is 0.103.